The van der Waals surface area contributed by atoms with Gasteiger partial charge in [0.15, 0.2) is 5.69 Å². The van der Waals surface area contributed by atoms with Gasteiger partial charge in [0, 0.05) is 16.6 Å². The molecule has 1 heterocycles. The lowest BCUT2D eigenvalue weighted by atomic mass is 10.2. The van der Waals surface area contributed by atoms with Gasteiger partial charge in [0.05, 0.1) is 6.54 Å². The molecule has 1 aromatic carbocycles. The van der Waals surface area contributed by atoms with Crippen LogP contribution in [0.2, 0.25) is 0 Å². The first kappa shape index (κ1) is 13.0. The van der Waals surface area contributed by atoms with Crippen molar-refractivity contribution < 1.29 is 14.7 Å². The summed E-state index contributed by atoms with van der Waals surface area (Å²) in [6.45, 7) is 0.424. The van der Waals surface area contributed by atoms with Crippen molar-refractivity contribution in [2.75, 3.05) is 5.32 Å². The second-order valence-electron chi connectivity index (χ2n) is 3.73. The van der Waals surface area contributed by atoms with Gasteiger partial charge in [-0.25, -0.2) is 9.78 Å². The third-order valence-corrected chi connectivity index (χ3v) is 3.23. The van der Waals surface area contributed by atoms with Crippen molar-refractivity contribution in [2.24, 2.45) is 5.73 Å². The van der Waals surface area contributed by atoms with Gasteiger partial charge in [-0.15, -0.1) is 11.3 Å². The summed E-state index contributed by atoms with van der Waals surface area (Å²) < 4.78 is 0. The lowest BCUT2D eigenvalue weighted by molar-refractivity contribution is 0.0691. The Bertz CT molecular complexity index is 607. The molecule has 0 aliphatic heterocycles. The summed E-state index contributed by atoms with van der Waals surface area (Å²) in [7, 11) is 0. The zero-order chi connectivity index (χ0) is 13.8. The monoisotopic (exact) mass is 277 g/mol. The highest BCUT2D eigenvalue weighted by Crippen LogP contribution is 2.14. The van der Waals surface area contributed by atoms with Crippen LogP contribution in [0, 0.1) is 0 Å². The molecule has 0 radical (unpaired) electrons. The summed E-state index contributed by atoms with van der Waals surface area (Å²) in [4.78, 5) is 25.5. The van der Waals surface area contributed by atoms with E-state index >= 15 is 0 Å². The Morgan fingerprint density at radius 1 is 1.32 bits per heavy atom. The zero-order valence-electron chi connectivity index (χ0n) is 9.79. The smallest absolute Gasteiger partial charge is 0.355 e. The van der Waals surface area contributed by atoms with Gasteiger partial charge in [-0.1, -0.05) is 0 Å². The van der Waals surface area contributed by atoms with E-state index in [1.165, 1.54) is 16.7 Å². The predicted molar refractivity (Wildman–Crippen MR) is 71.4 cm³/mol. The fourth-order valence-corrected chi connectivity index (χ4v) is 2.13. The van der Waals surface area contributed by atoms with E-state index in [1.807, 2.05) is 0 Å². The molecule has 6 nitrogen and oxygen atoms in total. The standard InChI is InChI=1S/C12H11N3O3S/c13-11(16)7-1-3-8(4-2-7)14-5-10-15-9(6-19-10)12(17)18/h1-4,6,14H,5H2,(H2,13,16)(H,17,18). The minimum absolute atomic E-state index is 0.0471. The van der Waals surface area contributed by atoms with Crippen LogP contribution in [0.4, 0.5) is 5.69 Å². The molecule has 2 aromatic rings. The predicted octanol–water partition coefficient (Wildman–Crippen LogP) is 1.55. The van der Waals surface area contributed by atoms with Gasteiger partial charge >= 0.3 is 5.97 Å². The zero-order valence-corrected chi connectivity index (χ0v) is 10.6. The summed E-state index contributed by atoms with van der Waals surface area (Å²) in [5.41, 5.74) is 6.42. The van der Waals surface area contributed by atoms with E-state index in [2.05, 4.69) is 10.3 Å². The summed E-state index contributed by atoms with van der Waals surface area (Å²) in [6, 6.07) is 6.70. The van der Waals surface area contributed by atoms with Crippen molar-refractivity contribution in [3.05, 3.63) is 45.9 Å². The van der Waals surface area contributed by atoms with Gasteiger partial charge in [0.25, 0.3) is 0 Å². The first-order valence-corrected chi connectivity index (χ1v) is 6.25. The number of carbonyl (C=O) groups excluding carboxylic acids is 1. The molecule has 0 fully saturated rings. The number of rotatable bonds is 5. The van der Waals surface area contributed by atoms with Crippen molar-refractivity contribution >= 4 is 28.9 Å². The van der Waals surface area contributed by atoms with Crippen LogP contribution in [0.25, 0.3) is 0 Å². The van der Waals surface area contributed by atoms with Gasteiger partial charge in [0.1, 0.15) is 5.01 Å². The number of aromatic carboxylic acids is 1. The number of carboxylic acids is 1. The van der Waals surface area contributed by atoms with Crippen LogP contribution in [0.15, 0.2) is 29.6 Å². The second-order valence-corrected chi connectivity index (χ2v) is 4.67. The van der Waals surface area contributed by atoms with E-state index in [1.54, 1.807) is 24.3 Å². The summed E-state index contributed by atoms with van der Waals surface area (Å²) in [6.07, 6.45) is 0. The number of anilines is 1. The molecule has 98 valence electrons. The summed E-state index contributed by atoms with van der Waals surface area (Å²) in [5, 5.41) is 14.0. The van der Waals surface area contributed by atoms with Crippen LogP contribution >= 0.6 is 11.3 Å². The molecule has 1 aromatic heterocycles. The largest absolute Gasteiger partial charge is 0.476 e. The molecule has 0 atom stereocenters. The summed E-state index contributed by atoms with van der Waals surface area (Å²) >= 11 is 1.28. The van der Waals surface area contributed by atoms with E-state index in [-0.39, 0.29) is 5.69 Å². The van der Waals surface area contributed by atoms with Crippen LogP contribution in [0.3, 0.4) is 0 Å². The summed E-state index contributed by atoms with van der Waals surface area (Å²) in [5.74, 6) is -1.51. The number of hydrogen-bond donors (Lipinski definition) is 3. The number of thiazole rings is 1. The van der Waals surface area contributed by atoms with Crippen LogP contribution in [0.5, 0.6) is 0 Å². The fourth-order valence-electron chi connectivity index (χ4n) is 1.42. The average molecular weight is 277 g/mol. The molecule has 2 rings (SSSR count). The van der Waals surface area contributed by atoms with Gasteiger partial charge in [-0.3, -0.25) is 4.79 Å². The lowest BCUT2D eigenvalue weighted by Crippen LogP contribution is -2.10. The normalized spacial score (nSPS) is 10.1. The number of aromatic nitrogens is 1. The van der Waals surface area contributed by atoms with E-state index in [9.17, 15) is 9.59 Å². The molecule has 0 aliphatic rings. The number of nitrogens with one attached hydrogen (secondary N) is 1. The Morgan fingerprint density at radius 3 is 2.53 bits per heavy atom. The first-order valence-electron chi connectivity index (χ1n) is 5.37. The van der Waals surface area contributed by atoms with Gasteiger partial charge < -0.3 is 16.2 Å². The first-order chi connectivity index (χ1) is 9.06. The molecule has 0 spiro atoms. The van der Waals surface area contributed by atoms with Crippen molar-refractivity contribution in [1.82, 2.24) is 4.98 Å². The molecule has 19 heavy (non-hydrogen) atoms. The van der Waals surface area contributed by atoms with Crippen molar-refractivity contribution in [3.8, 4) is 0 Å². The Hall–Kier alpha value is -2.41. The molecule has 1 amide bonds. The van der Waals surface area contributed by atoms with Gasteiger partial charge in [-0.2, -0.15) is 0 Å². The van der Waals surface area contributed by atoms with Gasteiger partial charge in [-0.05, 0) is 24.3 Å². The topological polar surface area (TPSA) is 105 Å². The molecule has 0 unspecified atom stereocenters. The number of benzene rings is 1. The highest BCUT2D eigenvalue weighted by molar-refractivity contribution is 7.09. The number of nitrogens with two attached hydrogens (primary N) is 1. The maximum absolute atomic E-state index is 10.9. The number of amides is 1. The fraction of sp³-hybridized carbons (Fsp3) is 0.0833. The highest BCUT2D eigenvalue weighted by atomic mass is 32.1. The SMILES string of the molecule is NC(=O)c1ccc(NCc2nc(C(=O)O)cs2)cc1. The maximum Gasteiger partial charge on any atom is 0.355 e. The Labute approximate surface area is 112 Å². The highest BCUT2D eigenvalue weighted by Gasteiger charge is 2.08. The molecule has 0 aliphatic carbocycles. The lowest BCUT2D eigenvalue weighted by Gasteiger charge is -2.04. The van der Waals surface area contributed by atoms with Crippen LogP contribution in [-0.4, -0.2) is 22.0 Å². The van der Waals surface area contributed by atoms with Crippen LogP contribution < -0.4 is 11.1 Å². The Kier molecular flexibility index (Phi) is 3.76. The number of carbonyl (C=O) groups is 2. The third kappa shape index (κ3) is 3.29. The maximum atomic E-state index is 10.9. The van der Waals surface area contributed by atoms with Crippen LogP contribution in [0.1, 0.15) is 25.9 Å². The second kappa shape index (κ2) is 5.49. The van der Waals surface area contributed by atoms with Crippen molar-refractivity contribution in [3.63, 3.8) is 0 Å². The Morgan fingerprint density at radius 2 is 2.00 bits per heavy atom. The molecule has 0 saturated heterocycles. The minimum atomic E-state index is -1.03. The molecule has 0 saturated carbocycles. The molecule has 4 N–H and O–H groups in total. The van der Waals surface area contributed by atoms with E-state index in [0.717, 1.165) is 5.69 Å². The minimum Gasteiger partial charge on any atom is -0.476 e. The quantitative estimate of drug-likeness (QED) is 0.769. The number of nitrogens with zero attached hydrogens (tertiary/aromatic N) is 1. The number of primary amides is 1. The average Bonchev–Trinajstić information content (AvgIpc) is 2.86. The van der Waals surface area contributed by atoms with Crippen molar-refractivity contribution in [2.45, 2.75) is 6.54 Å². The van der Waals surface area contributed by atoms with Gasteiger partial charge in [0.2, 0.25) is 5.91 Å². The molecular weight excluding hydrogens is 266 g/mol. The Balaban J connectivity index is 1.97. The van der Waals surface area contributed by atoms with Crippen molar-refractivity contribution in [1.29, 1.82) is 0 Å². The third-order valence-electron chi connectivity index (χ3n) is 2.38. The van der Waals surface area contributed by atoms with E-state index in [4.69, 9.17) is 10.8 Å². The molecule has 0 bridgehead atoms. The molecular formula is C12H11N3O3S. The van der Waals surface area contributed by atoms with Crippen LogP contribution in [-0.2, 0) is 6.54 Å². The molecule has 7 heteroatoms. The van der Waals surface area contributed by atoms with E-state index < -0.39 is 11.9 Å². The number of hydrogen-bond acceptors (Lipinski definition) is 5. The van der Waals surface area contributed by atoms with E-state index in [0.29, 0.717) is 17.1 Å². The number of carboxylic acid groups (broad SMARTS) is 1.